The number of carbonyl (C=O) groups is 1. The van der Waals surface area contributed by atoms with Crippen molar-refractivity contribution >= 4 is 29.0 Å². The zero-order chi connectivity index (χ0) is 23.5. The van der Waals surface area contributed by atoms with Crippen LogP contribution in [-0.2, 0) is 0 Å². The number of nitrogens with one attached hydrogen (secondary N) is 2. The molecule has 0 bridgehead atoms. The van der Waals surface area contributed by atoms with Crippen molar-refractivity contribution in [2.24, 2.45) is 16.4 Å². The number of hydrogen-bond acceptors (Lipinski definition) is 8. The Balaban J connectivity index is 1.86. The number of anilines is 4. The van der Waals surface area contributed by atoms with E-state index in [1.54, 1.807) is 6.92 Å². The van der Waals surface area contributed by atoms with Gasteiger partial charge in [-0.15, -0.1) is 4.91 Å². The molecule has 32 heavy (non-hydrogen) atoms. The molecule has 1 amide bonds. The van der Waals surface area contributed by atoms with Crippen molar-refractivity contribution in [2.45, 2.75) is 45.6 Å². The van der Waals surface area contributed by atoms with E-state index in [1.807, 2.05) is 6.92 Å². The van der Waals surface area contributed by atoms with E-state index in [0.717, 1.165) is 36.8 Å². The Morgan fingerprint density at radius 2 is 2.09 bits per heavy atom. The molecule has 1 aliphatic carbocycles. The number of benzene rings is 1. The van der Waals surface area contributed by atoms with Crippen LogP contribution in [0.3, 0.4) is 0 Å². The Morgan fingerprint density at radius 1 is 1.41 bits per heavy atom. The van der Waals surface area contributed by atoms with Crippen molar-refractivity contribution in [2.75, 3.05) is 22.7 Å². The Labute approximate surface area is 185 Å². The largest absolute Gasteiger partial charge is 0.366 e. The van der Waals surface area contributed by atoms with Crippen molar-refractivity contribution < 1.29 is 9.18 Å². The maximum absolute atomic E-state index is 14.2. The fourth-order valence-electron chi connectivity index (χ4n) is 3.65. The number of aryl methyl sites for hydroxylation is 1. The number of nitrogens with zero attached hydrogens (tertiary/aromatic N) is 5. The summed E-state index contributed by atoms with van der Waals surface area (Å²) in [5.74, 6) is -1.05. The molecule has 10 nitrogen and oxygen atoms in total. The number of aromatic nitrogens is 2. The zero-order valence-corrected chi connectivity index (χ0v) is 18.1. The summed E-state index contributed by atoms with van der Waals surface area (Å²) in [6, 6.07) is 4.94. The Hall–Kier alpha value is -3.81. The lowest BCUT2D eigenvalue weighted by molar-refractivity contribution is 0.0996. The lowest BCUT2D eigenvalue weighted by Gasteiger charge is -2.33. The third kappa shape index (κ3) is 4.91. The highest BCUT2D eigenvalue weighted by atomic mass is 19.1. The second-order valence-electron chi connectivity index (χ2n) is 8.26. The molecule has 0 unspecified atom stereocenters. The fraction of sp³-hybridized carbons (Fsp3) is 0.429. The predicted octanol–water partition coefficient (Wildman–Crippen LogP) is 3.77. The van der Waals surface area contributed by atoms with E-state index in [9.17, 15) is 19.4 Å². The number of primary amides is 1. The van der Waals surface area contributed by atoms with Gasteiger partial charge in [-0.05, 0) is 57.2 Å². The van der Waals surface area contributed by atoms with Gasteiger partial charge in [0.1, 0.15) is 11.5 Å². The second kappa shape index (κ2) is 9.13. The molecule has 0 spiro atoms. The summed E-state index contributed by atoms with van der Waals surface area (Å²) in [7, 11) is 1.49. The topological polar surface area (TPSA) is 149 Å². The number of amides is 1. The highest BCUT2D eigenvalue weighted by molar-refractivity contribution is 5.94. The number of rotatable bonds is 7. The summed E-state index contributed by atoms with van der Waals surface area (Å²) in [4.78, 5) is 31.1. The number of nitriles is 1. The SMILES string of the molecule is Cc1cc(C(N)=O)c(F)cc1Nc1ncc(N(C)N=O)c(NC2CCC(C)(C#N)CC2)n1. The van der Waals surface area contributed by atoms with Gasteiger partial charge in [0.15, 0.2) is 5.82 Å². The molecule has 1 heterocycles. The molecular weight excluding hydrogens is 415 g/mol. The molecule has 1 fully saturated rings. The van der Waals surface area contributed by atoms with Crippen LogP contribution in [0, 0.1) is 34.4 Å². The van der Waals surface area contributed by atoms with Crippen LogP contribution in [0.4, 0.5) is 27.5 Å². The van der Waals surface area contributed by atoms with Crippen LogP contribution in [0.2, 0.25) is 0 Å². The number of carbonyl (C=O) groups excluding carboxylic acids is 1. The van der Waals surface area contributed by atoms with Crippen LogP contribution in [0.5, 0.6) is 0 Å². The van der Waals surface area contributed by atoms with Gasteiger partial charge in [0.25, 0.3) is 5.91 Å². The van der Waals surface area contributed by atoms with Gasteiger partial charge < -0.3 is 16.4 Å². The molecule has 1 aromatic heterocycles. The van der Waals surface area contributed by atoms with Gasteiger partial charge in [-0.2, -0.15) is 10.2 Å². The van der Waals surface area contributed by atoms with E-state index < -0.39 is 11.7 Å². The molecule has 0 saturated heterocycles. The Kier molecular flexibility index (Phi) is 6.53. The molecule has 1 saturated carbocycles. The molecule has 1 aliphatic rings. The molecule has 4 N–H and O–H groups in total. The van der Waals surface area contributed by atoms with Gasteiger partial charge in [-0.1, -0.05) is 0 Å². The second-order valence-corrected chi connectivity index (χ2v) is 8.26. The van der Waals surface area contributed by atoms with Gasteiger partial charge in [-0.3, -0.25) is 4.79 Å². The Morgan fingerprint density at radius 3 is 2.69 bits per heavy atom. The highest BCUT2D eigenvalue weighted by Gasteiger charge is 2.31. The quantitative estimate of drug-likeness (QED) is 0.435. The summed E-state index contributed by atoms with van der Waals surface area (Å²) >= 11 is 0. The lowest BCUT2D eigenvalue weighted by atomic mass is 9.75. The fourth-order valence-corrected chi connectivity index (χ4v) is 3.65. The van der Waals surface area contributed by atoms with Gasteiger partial charge in [0.05, 0.1) is 28.5 Å². The first kappa shape index (κ1) is 22.9. The average Bonchev–Trinajstić information content (AvgIpc) is 2.77. The van der Waals surface area contributed by atoms with Gasteiger partial charge >= 0.3 is 0 Å². The van der Waals surface area contributed by atoms with Crippen LogP contribution in [-0.4, -0.2) is 29.0 Å². The molecule has 11 heteroatoms. The number of nitroso groups, excluding NO2 is 1. The number of hydrogen-bond donors (Lipinski definition) is 3. The first-order chi connectivity index (χ1) is 15.2. The third-order valence-corrected chi connectivity index (χ3v) is 5.77. The zero-order valence-electron chi connectivity index (χ0n) is 18.1. The number of halogens is 1. The van der Waals surface area contributed by atoms with Crippen LogP contribution >= 0.6 is 0 Å². The molecular formula is C21H25FN8O2. The minimum absolute atomic E-state index is 0.0620. The van der Waals surface area contributed by atoms with E-state index in [-0.39, 0.29) is 23.0 Å². The molecule has 0 radical (unpaired) electrons. The standard InChI is InChI=1S/C21H25FN8O2/c1-12-8-14(18(24)31)15(22)9-16(12)27-20-25-10-17(30(3)29-32)19(28-20)26-13-4-6-21(2,11-23)7-5-13/h8-10,13H,4-7H2,1-3H3,(H2,24,31)(H2,25,26,27,28). The average molecular weight is 440 g/mol. The first-order valence-corrected chi connectivity index (χ1v) is 10.1. The van der Waals surface area contributed by atoms with Crippen molar-refractivity contribution in [1.82, 2.24) is 9.97 Å². The summed E-state index contributed by atoms with van der Waals surface area (Å²) in [5.41, 5.74) is 5.99. The minimum Gasteiger partial charge on any atom is -0.366 e. The number of nitrogens with two attached hydrogens (primary N) is 1. The molecule has 3 rings (SSSR count). The summed E-state index contributed by atoms with van der Waals surface area (Å²) < 4.78 is 14.2. The van der Waals surface area contributed by atoms with Crippen LogP contribution in [0.15, 0.2) is 23.6 Å². The molecule has 168 valence electrons. The van der Waals surface area contributed by atoms with E-state index in [1.165, 1.54) is 19.3 Å². The van der Waals surface area contributed by atoms with Crippen molar-refractivity contribution in [1.29, 1.82) is 5.26 Å². The maximum Gasteiger partial charge on any atom is 0.251 e. The summed E-state index contributed by atoms with van der Waals surface area (Å²) in [5, 5.41) is 19.6. The lowest BCUT2D eigenvalue weighted by Crippen LogP contribution is -2.31. The first-order valence-electron chi connectivity index (χ1n) is 10.1. The van der Waals surface area contributed by atoms with Crippen molar-refractivity contribution in [3.8, 4) is 6.07 Å². The highest BCUT2D eigenvalue weighted by Crippen LogP contribution is 2.37. The minimum atomic E-state index is -0.853. The van der Waals surface area contributed by atoms with Crippen LogP contribution in [0.1, 0.15) is 48.5 Å². The van der Waals surface area contributed by atoms with Crippen molar-refractivity contribution in [3.05, 3.63) is 40.2 Å². The van der Waals surface area contributed by atoms with Gasteiger partial charge in [0, 0.05) is 18.8 Å². The molecule has 0 atom stereocenters. The predicted molar refractivity (Wildman–Crippen MR) is 119 cm³/mol. The van der Waals surface area contributed by atoms with Gasteiger partial charge in [-0.25, -0.2) is 14.4 Å². The summed E-state index contributed by atoms with van der Waals surface area (Å²) in [6.07, 6.45) is 4.48. The maximum atomic E-state index is 14.2. The van der Waals surface area contributed by atoms with Crippen molar-refractivity contribution in [3.63, 3.8) is 0 Å². The van der Waals surface area contributed by atoms with Gasteiger partial charge in [0.2, 0.25) is 5.95 Å². The monoisotopic (exact) mass is 440 g/mol. The van der Waals surface area contributed by atoms with Crippen LogP contribution < -0.4 is 21.4 Å². The van der Waals surface area contributed by atoms with E-state index in [4.69, 9.17) is 5.73 Å². The third-order valence-electron chi connectivity index (χ3n) is 5.77. The summed E-state index contributed by atoms with van der Waals surface area (Å²) in [6.45, 7) is 3.65. The van der Waals surface area contributed by atoms with E-state index in [0.29, 0.717) is 22.8 Å². The smallest absolute Gasteiger partial charge is 0.251 e. The normalized spacial score (nSPS) is 20.2. The van der Waals surface area contributed by atoms with E-state index in [2.05, 4.69) is 32.0 Å². The molecule has 2 aromatic rings. The molecule has 0 aliphatic heterocycles. The Bertz CT molecular complexity index is 1080. The van der Waals surface area contributed by atoms with E-state index >= 15 is 0 Å². The van der Waals surface area contributed by atoms with Crippen LogP contribution in [0.25, 0.3) is 0 Å². The molecule has 1 aromatic carbocycles.